The van der Waals surface area contributed by atoms with Crippen LogP contribution in [-0.2, 0) is 4.79 Å². The molecule has 1 aromatic rings. The Balaban J connectivity index is 2.69. The van der Waals surface area contributed by atoms with Gasteiger partial charge in [0.05, 0.1) is 0 Å². The van der Waals surface area contributed by atoms with Crippen molar-refractivity contribution in [2.24, 2.45) is 0 Å². The molecular weight excluding hydrogens is 234 g/mol. The Bertz CT molecular complexity index is 468. The lowest BCUT2D eigenvalue weighted by Crippen LogP contribution is -2.29. The molecule has 0 saturated heterocycles. The molecule has 1 aromatic carbocycles. The van der Waals surface area contributed by atoms with Gasteiger partial charge in [0.2, 0.25) is 0 Å². The van der Waals surface area contributed by atoms with Crippen molar-refractivity contribution < 1.29 is 19.4 Å². The number of aromatic carboxylic acids is 1. The van der Waals surface area contributed by atoms with E-state index in [1.54, 1.807) is 25.1 Å². The lowest BCUT2D eigenvalue weighted by molar-refractivity contribution is -0.122. The Morgan fingerprint density at radius 2 is 2.22 bits per heavy atom. The summed E-state index contributed by atoms with van der Waals surface area (Å²) in [7, 11) is 0. The molecule has 0 aliphatic rings. The van der Waals surface area contributed by atoms with E-state index in [1.807, 2.05) is 0 Å². The lowest BCUT2D eigenvalue weighted by Gasteiger charge is -2.09. The van der Waals surface area contributed by atoms with Crippen molar-refractivity contribution in [2.75, 3.05) is 13.2 Å². The average molecular weight is 249 g/mol. The molecule has 0 aliphatic carbocycles. The maximum absolute atomic E-state index is 11.3. The molecule has 2 N–H and O–H groups in total. The van der Waals surface area contributed by atoms with Crippen LogP contribution >= 0.6 is 0 Å². The summed E-state index contributed by atoms with van der Waals surface area (Å²) in [4.78, 5) is 22.3. The number of carbonyl (C=O) groups excluding carboxylic acids is 1. The number of rotatable bonds is 6. The van der Waals surface area contributed by atoms with Crippen LogP contribution in [0.4, 0.5) is 0 Å². The molecule has 0 aromatic heterocycles. The number of benzene rings is 1. The topological polar surface area (TPSA) is 75.6 Å². The van der Waals surface area contributed by atoms with Gasteiger partial charge in [-0.15, -0.1) is 6.58 Å². The fourth-order valence-corrected chi connectivity index (χ4v) is 1.32. The summed E-state index contributed by atoms with van der Waals surface area (Å²) in [5, 5.41) is 11.5. The highest BCUT2D eigenvalue weighted by Crippen LogP contribution is 2.19. The Kier molecular flexibility index (Phi) is 4.92. The van der Waals surface area contributed by atoms with Crippen LogP contribution in [0.5, 0.6) is 5.75 Å². The summed E-state index contributed by atoms with van der Waals surface area (Å²) in [6, 6.07) is 4.77. The van der Waals surface area contributed by atoms with Crippen LogP contribution in [0.3, 0.4) is 0 Å². The Morgan fingerprint density at radius 3 is 2.83 bits per heavy atom. The largest absolute Gasteiger partial charge is 0.483 e. The maximum Gasteiger partial charge on any atom is 0.339 e. The van der Waals surface area contributed by atoms with Crippen LogP contribution in [0.25, 0.3) is 0 Å². The second-order valence-corrected chi connectivity index (χ2v) is 3.69. The van der Waals surface area contributed by atoms with E-state index >= 15 is 0 Å². The van der Waals surface area contributed by atoms with Crippen molar-refractivity contribution in [1.82, 2.24) is 5.32 Å². The minimum Gasteiger partial charge on any atom is -0.483 e. The molecule has 1 amide bonds. The predicted molar refractivity (Wildman–Crippen MR) is 66.8 cm³/mol. The van der Waals surface area contributed by atoms with Crippen LogP contribution in [0.15, 0.2) is 30.9 Å². The first-order chi connectivity index (χ1) is 8.54. The number of carboxylic acids is 1. The van der Waals surface area contributed by atoms with Gasteiger partial charge in [0.15, 0.2) is 6.61 Å². The standard InChI is InChI=1S/C13H15NO4/c1-3-6-14-12(15)8-18-11-5-4-9(2)7-10(11)13(16)17/h3-5,7H,1,6,8H2,2H3,(H,14,15)(H,16,17). The third-order valence-corrected chi connectivity index (χ3v) is 2.17. The van der Waals surface area contributed by atoms with Crippen molar-refractivity contribution in [3.05, 3.63) is 42.0 Å². The summed E-state index contributed by atoms with van der Waals surface area (Å²) < 4.78 is 5.19. The Hall–Kier alpha value is -2.30. The Labute approximate surface area is 105 Å². The van der Waals surface area contributed by atoms with E-state index in [-0.39, 0.29) is 23.8 Å². The van der Waals surface area contributed by atoms with Crippen molar-refractivity contribution in [2.45, 2.75) is 6.92 Å². The molecule has 0 atom stereocenters. The number of carbonyl (C=O) groups is 2. The highest BCUT2D eigenvalue weighted by atomic mass is 16.5. The number of hydrogen-bond acceptors (Lipinski definition) is 3. The molecule has 5 heteroatoms. The highest BCUT2D eigenvalue weighted by Gasteiger charge is 2.12. The van der Waals surface area contributed by atoms with Crippen LogP contribution in [-0.4, -0.2) is 30.1 Å². The van der Waals surface area contributed by atoms with Gasteiger partial charge in [0.1, 0.15) is 11.3 Å². The quantitative estimate of drug-likeness (QED) is 0.747. The molecule has 0 spiro atoms. The molecular formula is C13H15NO4. The van der Waals surface area contributed by atoms with Gasteiger partial charge in [-0.2, -0.15) is 0 Å². The first-order valence-corrected chi connectivity index (χ1v) is 5.39. The molecule has 96 valence electrons. The van der Waals surface area contributed by atoms with Crippen molar-refractivity contribution in [1.29, 1.82) is 0 Å². The van der Waals surface area contributed by atoms with E-state index in [0.717, 1.165) is 5.56 Å². The first-order valence-electron chi connectivity index (χ1n) is 5.39. The zero-order chi connectivity index (χ0) is 13.5. The lowest BCUT2D eigenvalue weighted by atomic mass is 10.1. The second kappa shape index (κ2) is 6.44. The first kappa shape index (κ1) is 13.8. The number of hydrogen-bond donors (Lipinski definition) is 2. The minimum atomic E-state index is -1.08. The number of aryl methyl sites for hydroxylation is 1. The monoisotopic (exact) mass is 249 g/mol. The van der Waals surface area contributed by atoms with E-state index in [4.69, 9.17) is 9.84 Å². The summed E-state index contributed by atoms with van der Waals surface area (Å²) in [6.07, 6.45) is 1.55. The molecule has 0 saturated carbocycles. The van der Waals surface area contributed by atoms with Crippen molar-refractivity contribution in [3.63, 3.8) is 0 Å². The van der Waals surface area contributed by atoms with Crippen molar-refractivity contribution >= 4 is 11.9 Å². The van der Waals surface area contributed by atoms with E-state index in [0.29, 0.717) is 6.54 Å². The summed E-state index contributed by atoms with van der Waals surface area (Å²) >= 11 is 0. The summed E-state index contributed by atoms with van der Waals surface area (Å²) in [6.45, 7) is 5.37. The molecule has 1 rings (SSSR count). The smallest absolute Gasteiger partial charge is 0.339 e. The minimum absolute atomic E-state index is 0.0477. The average Bonchev–Trinajstić information content (AvgIpc) is 2.34. The van der Waals surface area contributed by atoms with Gasteiger partial charge in [-0.1, -0.05) is 17.7 Å². The van der Waals surface area contributed by atoms with Gasteiger partial charge in [-0.3, -0.25) is 4.79 Å². The molecule has 0 heterocycles. The van der Waals surface area contributed by atoms with Crippen molar-refractivity contribution in [3.8, 4) is 5.75 Å². The number of ether oxygens (including phenoxy) is 1. The molecule has 0 radical (unpaired) electrons. The van der Waals surface area contributed by atoms with Gasteiger partial charge in [0, 0.05) is 6.54 Å². The molecule has 5 nitrogen and oxygen atoms in total. The zero-order valence-corrected chi connectivity index (χ0v) is 10.1. The van der Waals surface area contributed by atoms with Crippen LogP contribution in [0.2, 0.25) is 0 Å². The fourth-order valence-electron chi connectivity index (χ4n) is 1.32. The second-order valence-electron chi connectivity index (χ2n) is 3.69. The third kappa shape index (κ3) is 3.93. The van der Waals surface area contributed by atoms with Gasteiger partial charge >= 0.3 is 5.97 Å². The molecule has 0 aliphatic heterocycles. The van der Waals surface area contributed by atoms with Crippen LogP contribution in [0.1, 0.15) is 15.9 Å². The normalized spacial score (nSPS) is 9.61. The van der Waals surface area contributed by atoms with Crippen LogP contribution in [0, 0.1) is 6.92 Å². The SMILES string of the molecule is C=CCNC(=O)COc1ccc(C)cc1C(=O)O. The maximum atomic E-state index is 11.3. The van der Waals surface area contributed by atoms with Crippen LogP contribution < -0.4 is 10.1 Å². The zero-order valence-electron chi connectivity index (χ0n) is 10.1. The predicted octanol–water partition coefficient (Wildman–Crippen LogP) is 1.37. The van der Waals surface area contributed by atoms with Gasteiger partial charge in [-0.25, -0.2) is 4.79 Å². The number of amides is 1. The summed E-state index contributed by atoms with van der Waals surface area (Å²) in [5.74, 6) is -1.23. The highest BCUT2D eigenvalue weighted by molar-refractivity contribution is 5.91. The van der Waals surface area contributed by atoms with E-state index < -0.39 is 5.97 Å². The third-order valence-electron chi connectivity index (χ3n) is 2.17. The molecule has 0 bridgehead atoms. The fraction of sp³-hybridized carbons (Fsp3) is 0.231. The molecule has 18 heavy (non-hydrogen) atoms. The van der Waals surface area contributed by atoms with E-state index in [9.17, 15) is 9.59 Å². The van der Waals surface area contributed by atoms with Gasteiger partial charge in [0.25, 0.3) is 5.91 Å². The number of carboxylic acid groups (broad SMARTS) is 1. The molecule has 0 unspecified atom stereocenters. The van der Waals surface area contributed by atoms with Gasteiger partial charge in [-0.05, 0) is 19.1 Å². The molecule has 0 fully saturated rings. The summed E-state index contributed by atoms with van der Waals surface area (Å²) in [5.41, 5.74) is 0.863. The Morgan fingerprint density at radius 1 is 1.50 bits per heavy atom. The number of nitrogens with one attached hydrogen (secondary N) is 1. The van der Waals surface area contributed by atoms with E-state index in [1.165, 1.54) is 6.07 Å². The van der Waals surface area contributed by atoms with Gasteiger partial charge < -0.3 is 15.2 Å². The van der Waals surface area contributed by atoms with E-state index in [2.05, 4.69) is 11.9 Å².